The van der Waals surface area contributed by atoms with Crippen molar-refractivity contribution in [2.24, 2.45) is 0 Å². The fourth-order valence-corrected chi connectivity index (χ4v) is 3.98. The molecule has 0 unspecified atom stereocenters. The molecule has 0 atom stereocenters. The number of rotatable bonds is 6. The lowest BCUT2D eigenvalue weighted by Gasteiger charge is -2.36. The number of alkyl halides is 6. The number of carbonyl (C=O) groups is 2. The molecule has 1 aromatic carbocycles. The molecule has 0 radical (unpaired) electrons. The lowest BCUT2D eigenvalue weighted by molar-refractivity contribution is -0.274. The number of carboxylic acids is 1. The first-order chi connectivity index (χ1) is 20.1. The van der Waals surface area contributed by atoms with Gasteiger partial charge in [0, 0.05) is 25.0 Å². The van der Waals surface area contributed by atoms with Crippen molar-refractivity contribution in [3.63, 3.8) is 0 Å². The van der Waals surface area contributed by atoms with E-state index in [2.05, 4.69) is 20.0 Å². The van der Waals surface area contributed by atoms with Crippen LogP contribution in [0.4, 0.5) is 42.2 Å². The zero-order valence-electron chi connectivity index (χ0n) is 21.5. The zero-order valence-corrected chi connectivity index (χ0v) is 21.5. The zero-order chi connectivity index (χ0) is 31.5. The number of aliphatic hydroxyl groups excluding tert-OH is 1. The number of hydrogen-bond acceptors (Lipinski definition) is 7. The number of aromatic nitrogens is 3. The largest absolute Gasteiger partial charge is 0.573 e. The van der Waals surface area contributed by atoms with Crippen LogP contribution in [0.15, 0.2) is 60.9 Å². The molecule has 1 aliphatic heterocycles. The molecule has 4 aromatic rings. The summed E-state index contributed by atoms with van der Waals surface area (Å²) in [6.07, 6.45) is -7.84. The second kappa shape index (κ2) is 12.1. The van der Waals surface area contributed by atoms with Gasteiger partial charge in [-0.05, 0) is 42.0 Å². The van der Waals surface area contributed by atoms with Crippen LogP contribution in [0.25, 0.3) is 11.0 Å². The molecular weight excluding hydrogens is 595 g/mol. The van der Waals surface area contributed by atoms with Crippen molar-refractivity contribution in [3.8, 4) is 5.75 Å². The number of carboxylic acid groups (broad SMARTS) is 1. The average Bonchev–Trinajstić information content (AvgIpc) is 3.23. The third kappa shape index (κ3) is 8.09. The van der Waals surface area contributed by atoms with Gasteiger partial charge in [0.1, 0.15) is 28.7 Å². The number of aliphatic hydroxyl groups is 1. The number of aliphatic carboxylic acids is 1. The fourth-order valence-electron chi connectivity index (χ4n) is 3.98. The maximum Gasteiger partial charge on any atom is 0.573 e. The van der Waals surface area contributed by atoms with Crippen LogP contribution < -0.4 is 15.0 Å². The summed E-state index contributed by atoms with van der Waals surface area (Å²) in [4.78, 5) is 32.3. The van der Waals surface area contributed by atoms with Crippen molar-refractivity contribution in [1.29, 1.82) is 0 Å². The van der Waals surface area contributed by atoms with Crippen LogP contribution in [-0.4, -0.2) is 68.4 Å². The van der Waals surface area contributed by atoms with E-state index >= 15 is 0 Å². The van der Waals surface area contributed by atoms with Gasteiger partial charge in [0.05, 0.1) is 24.2 Å². The Morgan fingerprint density at radius 1 is 1.00 bits per heavy atom. The second-order valence-corrected chi connectivity index (χ2v) is 9.10. The van der Waals surface area contributed by atoms with Gasteiger partial charge in [0.2, 0.25) is 0 Å². The molecule has 4 heterocycles. The molecule has 5 rings (SSSR count). The van der Waals surface area contributed by atoms with Crippen LogP contribution in [0.2, 0.25) is 0 Å². The molecule has 228 valence electrons. The number of hydrogen-bond donors (Lipinski definition) is 3. The van der Waals surface area contributed by atoms with Gasteiger partial charge in [0.15, 0.2) is 0 Å². The van der Waals surface area contributed by atoms with Crippen molar-refractivity contribution >= 4 is 34.4 Å². The van der Waals surface area contributed by atoms with E-state index in [0.29, 0.717) is 35.5 Å². The van der Waals surface area contributed by atoms with Crippen LogP contribution in [-0.2, 0) is 11.3 Å². The molecule has 0 bridgehead atoms. The van der Waals surface area contributed by atoms with Gasteiger partial charge in [-0.15, -0.1) is 13.2 Å². The van der Waals surface area contributed by atoms with E-state index < -0.39 is 36.0 Å². The molecule has 17 heteroatoms. The number of benzene rings is 1. The number of amides is 1. The fraction of sp³-hybridized carbons (Fsp3) is 0.231. The third-order valence-electron chi connectivity index (χ3n) is 5.84. The lowest BCUT2D eigenvalue weighted by atomic mass is 10.2. The Hall–Kier alpha value is -4.93. The molecule has 1 amide bonds. The van der Waals surface area contributed by atoms with Crippen LogP contribution in [0.5, 0.6) is 5.75 Å². The Morgan fingerprint density at radius 2 is 1.70 bits per heavy atom. The number of carbonyl (C=O) groups excluding carboxylic acids is 1. The average molecular weight is 615 g/mol. The number of nitrogens with zero attached hydrogens (tertiary/aromatic N) is 4. The highest BCUT2D eigenvalue weighted by Gasteiger charge is 2.38. The Bertz CT molecular complexity index is 1620. The molecule has 0 aliphatic carbocycles. The first-order valence-electron chi connectivity index (χ1n) is 12.1. The molecule has 0 spiro atoms. The number of anilines is 2. The summed E-state index contributed by atoms with van der Waals surface area (Å²) in [7, 11) is 0. The number of fused-ring (bicyclic) bond motifs is 1. The molecular formula is C26H20F7N5O5. The highest BCUT2D eigenvalue weighted by atomic mass is 19.4. The van der Waals surface area contributed by atoms with Gasteiger partial charge in [-0.3, -0.25) is 4.79 Å². The van der Waals surface area contributed by atoms with Crippen LogP contribution in [0.3, 0.4) is 0 Å². The minimum atomic E-state index is -5.08. The van der Waals surface area contributed by atoms with E-state index in [-0.39, 0.29) is 24.0 Å². The maximum absolute atomic E-state index is 13.8. The smallest absolute Gasteiger partial charge is 0.475 e. The Labute approximate surface area is 236 Å². The van der Waals surface area contributed by atoms with E-state index in [1.807, 2.05) is 4.90 Å². The molecule has 1 saturated heterocycles. The standard InChI is InChI=1S/C24H19F4N5O3.C2HF3O2/c25-16-7-15-8-20(23(35)31-17-4-5-21(29-10-17)32-12-18(34)13-32)33(22(15)30-9-16)11-14-2-1-3-19(6-14)36-24(26,27)28;3-2(4,5)1(6)7/h1-10,18,34H,11-13H2,(H,31,35);(H,6,7). The summed E-state index contributed by atoms with van der Waals surface area (Å²) in [5.41, 5.74) is 1.23. The number of halogens is 7. The van der Waals surface area contributed by atoms with Crippen molar-refractivity contribution in [2.75, 3.05) is 23.3 Å². The van der Waals surface area contributed by atoms with Gasteiger partial charge in [-0.1, -0.05) is 12.1 Å². The summed E-state index contributed by atoms with van der Waals surface area (Å²) in [5, 5.41) is 19.6. The van der Waals surface area contributed by atoms with E-state index in [0.717, 1.165) is 6.20 Å². The van der Waals surface area contributed by atoms with Crippen molar-refractivity contribution < 1.29 is 55.3 Å². The summed E-state index contributed by atoms with van der Waals surface area (Å²) < 4.78 is 88.9. The number of pyridine rings is 2. The van der Waals surface area contributed by atoms with Crippen molar-refractivity contribution in [2.45, 2.75) is 25.2 Å². The van der Waals surface area contributed by atoms with E-state index in [1.54, 1.807) is 18.2 Å². The highest BCUT2D eigenvalue weighted by Crippen LogP contribution is 2.26. The second-order valence-electron chi connectivity index (χ2n) is 9.10. The van der Waals surface area contributed by atoms with E-state index in [9.17, 15) is 40.6 Å². The van der Waals surface area contributed by atoms with Gasteiger partial charge in [-0.2, -0.15) is 13.2 Å². The first-order valence-corrected chi connectivity index (χ1v) is 12.1. The third-order valence-corrected chi connectivity index (χ3v) is 5.84. The Kier molecular flexibility index (Phi) is 8.75. The van der Waals surface area contributed by atoms with Gasteiger partial charge < -0.3 is 29.7 Å². The summed E-state index contributed by atoms with van der Waals surface area (Å²) in [6, 6.07) is 11.4. The molecule has 10 nitrogen and oxygen atoms in total. The Morgan fingerprint density at radius 3 is 2.28 bits per heavy atom. The van der Waals surface area contributed by atoms with Crippen molar-refractivity contribution in [1.82, 2.24) is 14.5 Å². The minimum absolute atomic E-state index is 0.0194. The number of ether oxygens (including phenoxy) is 1. The molecule has 1 fully saturated rings. The Balaban J connectivity index is 0.000000541. The molecule has 1 aliphatic rings. The number of nitrogens with one attached hydrogen (secondary N) is 1. The quantitative estimate of drug-likeness (QED) is 0.269. The summed E-state index contributed by atoms with van der Waals surface area (Å²) in [6.45, 7) is 0.948. The molecule has 43 heavy (non-hydrogen) atoms. The van der Waals surface area contributed by atoms with Gasteiger partial charge in [0.25, 0.3) is 5.91 Å². The molecule has 3 N–H and O–H groups in total. The summed E-state index contributed by atoms with van der Waals surface area (Å²) in [5.74, 6) is -3.63. The molecule has 0 saturated carbocycles. The maximum atomic E-state index is 13.8. The van der Waals surface area contributed by atoms with Gasteiger partial charge >= 0.3 is 18.5 Å². The van der Waals surface area contributed by atoms with Crippen molar-refractivity contribution in [3.05, 3.63) is 78.0 Å². The summed E-state index contributed by atoms with van der Waals surface area (Å²) >= 11 is 0. The monoisotopic (exact) mass is 615 g/mol. The predicted octanol–water partition coefficient (Wildman–Crippen LogP) is 4.58. The first kappa shape index (κ1) is 31.0. The van der Waals surface area contributed by atoms with Crippen LogP contribution >= 0.6 is 0 Å². The lowest BCUT2D eigenvalue weighted by Crippen LogP contribution is -2.51. The minimum Gasteiger partial charge on any atom is -0.475 e. The van der Waals surface area contributed by atoms with E-state index in [1.165, 1.54) is 41.1 Å². The van der Waals surface area contributed by atoms with Crippen LogP contribution in [0, 0.1) is 5.82 Å². The predicted molar refractivity (Wildman–Crippen MR) is 136 cm³/mol. The SMILES string of the molecule is O=C(Nc1ccc(N2CC(O)C2)nc1)c1cc2cc(F)cnc2n1Cc1cccc(OC(F)(F)F)c1.O=C(O)C(F)(F)F. The molecule has 3 aromatic heterocycles. The topological polar surface area (TPSA) is 130 Å². The number of β-amino-alcohol motifs (C(OH)–C–C–N with tert-alkyl or cyclic N) is 1. The normalized spacial score (nSPS) is 13.6. The van der Waals surface area contributed by atoms with Gasteiger partial charge in [-0.25, -0.2) is 19.2 Å². The van der Waals surface area contributed by atoms with Crippen LogP contribution in [0.1, 0.15) is 16.1 Å². The van der Waals surface area contributed by atoms with E-state index in [4.69, 9.17) is 9.90 Å². The highest BCUT2D eigenvalue weighted by molar-refractivity contribution is 6.06.